The largest absolute Gasteiger partial charge is 0.376 e. The quantitative estimate of drug-likeness (QED) is 0.855. The summed E-state index contributed by atoms with van der Waals surface area (Å²) in [4.78, 5) is 8.73. The zero-order valence-corrected chi connectivity index (χ0v) is 12.3. The first-order valence-electron chi connectivity index (χ1n) is 7.02. The number of aromatic nitrogens is 2. The van der Waals surface area contributed by atoms with Gasteiger partial charge in [0.15, 0.2) is 0 Å². The molecule has 1 aliphatic heterocycles. The van der Waals surface area contributed by atoms with Crippen LogP contribution in [-0.2, 0) is 11.2 Å². The maximum atomic E-state index is 5.68. The van der Waals surface area contributed by atoms with Crippen LogP contribution in [0.15, 0.2) is 6.33 Å². The van der Waals surface area contributed by atoms with Crippen molar-refractivity contribution in [2.75, 3.05) is 24.3 Å². The van der Waals surface area contributed by atoms with Gasteiger partial charge in [-0.15, -0.1) is 0 Å². The van der Waals surface area contributed by atoms with E-state index in [9.17, 15) is 0 Å². The van der Waals surface area contributed by atoms with E-state index in [-0.39, 0.29) is 11.6 Å². The molecule has 1 fully saturated rings. The van der Waals surface area contributed by atoms with Crippen LogP contribution in [0.25, 0.3) is 0 Å². The predicted octanol–water partition coefficient (Wildman–Crippen LogP) is 2.45. The summed E-state index contributed by atoms with van der Waals surface area (Å²) in [7, 11) is 1.90. The lowest BCUT2D eigenvalue weighted by Gasteiger charge is -2.30. The zero-order chi connectivity index (χ0) is 13.9. The first-order chi connectivity index (χ1) is 9.10. The molecule has 2 N–H and O–H groups in total. The SMILES string of the molecule is CCCc1c(NC)ncnc1NC1(C)CCOC1C. The van der Waals surface area contributed by atoms with Gasteiger partial charge in [0.05, 0.1) is 11.6 Å². The molecule has 1 aromatic rings. The van der Waals surface area contributed by atoms with E-state index in [4.69, 9.17) is 4.74 Å². The number of ether oxygens (including phenoxy) is 1. The standard InChI is InChI=1S/C14H24N4O/c1-5-6-11-12(15-4)16-9-17-13(11)18-14(3)7-8-19-10(14)2/h9-10H,5-8H2,1-4H3,(H2,15,16,17,18). The molecule has 2 heterocycles. The zero-order valence-electron chi connectivity index (χ0n) is 12.3. The molecular weight excluding hydrogens is 240 g/mol. The van der Waals surface area contributed by atoms with Gasteiger partial charge in [0, 0.05) is 19.2 Å². The second kappa shape index (κ2) is 5.74. The van der Waals surface area contributed by atoms with Gasteiger partial charge in [-0.05, 0) is 26.7 Å². The monoisotopic (exact) mass is 264 g/mol. The molecule has 1 aliphatic rings. The summed E-state index contributed by atoms with van der Waals surface area (Å²) in [6, 6.07) is 0. The highest BCUT2D eigenvalue weighted by molar-refractivity contribution is 5.58. The molecule has 106 valence electrons. The van der Waals surface area contributed by atoms with Gasteiger partial charge < -0.3 is 15.4 Å². The van der Waals surface area contributed by atoms with Crippen molar-refractivity contribution in [1.29, 1.82) is 0 Å². The molecule has 0 aromatic carbocycles. The van der Waals surface area contributed by atoms with Gasteiger partial charge in [0.2, 0.25) is 0 Å². The fourth-order valence-corrected chi connectivity index (χ4v) is 2.49. The molecule has 0 spiro atoms. The van der Waals surface area contributed by atoms with E-state index in [0.29, 0.717) is 0 Å². The van der Waals surface area contributed by atoms with Crippen LogP contribution in [0.3, 0.4) is 0 Å². The topological polar surface area (TPSA) is 59.1 Å². The van der Waals surface area contributed by atoms with Crippen LogP contribution >= 0.6 is 0 Å². The van der Waals surface area contributed by atoms with Crippen LogP contribution in [0.2, 0.25) is 0 Å². The second-order valence-corrected chi connectivity index (χ2v) is 5.35. The Morgan fingerprint density at radius 1 is 1.42 bits per heavy atom. The van der Waals surface area contributed by atoms with Crippen LogP contribution in [0.4, 0.5) is 11.6 Å². The van der Waals surface area contributed by atoms with Crippen LogP contribution in [-0.4, -0.2) is 35.3 Å². The first-order valence-corrected chi connectivity index (χ1v) is 7.02. The second-order valence-electron chi connectivity index (χ2n) is 5.35. The summed E-state index contributed by atoms with van der Waals surface area (Å²) in [6.07, 6.45) is 4.83. The van der Waals surface area contributed by atoms with Gasteiger partial charge in [-0.25, -0.2) is 9.97 Å². The van der Waals surface area contributed by atoms with Crippen molar-refractivity contribution in [2.45, 2.75) is 51.7 Å². The van der Waals surface area contributed by atoms with Crippen LogP contribution < -0.4 is 10.6 Å². The third kappa shape index (κ3) is 2.81. The van der Waals surface area contributed by atoms with E-state index in [1.165, 1.54) is 0 Å². The van der Waals surface area contributed by atoms with Crippen molar-refractivity contribution in [2.24, 2.45) is 0 Å². The van der Waals surface area contributed by atoms with Crippen LogP contribution in [0, 0.1) is 0 Å². The Balaban J connectivity index is 2.29. The van der Waals surface area contributed by atoms with Crippen molar-refractivity contribution in [1.82, 2.24) is 9.97 Å². The predicted molar refractivity (Wildman–Crippen MR) is 77.6 cm³/mol. The molecule has 5 heteroatoms. The van der Waals surface area contributed by atoms with Gasteiger partial charge in [0.1, 0.15) is 18.0 Å². The maximum absolute atomic E-state index is 5.68. The minimum atomic E-state index is -0.0537. The fourth-order valence-electron chi connectivity index (χ4n) is 2.49. The highest BCUT2D eigenvalue weighted by Gasteiger charge is 2.37. The summed E-state index contributed by atoms with van der Waals surface area (Å²) in [5, 5.41) is 6.73. The Morgan fingerprint density at radius 3 is 2.74 bits per heavy atom. The summed E-state index contributed by atoms with van der Waals surface area (Å²) in [6.45, 7) is 7.28. The van der Waals surface area contributed by atoms with Crippen LogP contribution in [0.5, 0.6) is 0 Å². The lowest BCUT2D eigenvalue weighted by molar-refractivity contribution is 0.105. The third-order valence-corrected chi connectivity index (χ3v) is 3.97. The highest BCUT2D eigenvalue weighted by atomic mass is 16.5. The Labute approximate surface area is 115 Å². The van der Waals surface area contributed by atoms with Gasteiger partial charge in [0.25, 0.3) is 0 Å². The molecule has 1 saturated heterocycles. The van der Waals surface area contributed by atoms with E-state index in [0.717, 1.165) is 43.1 Å². The minimum Gasteiger partial charge on any atom is -0.376 e. The van der Waals surface area contributed by atoms with Gasteiger partial charge >= 0.3 is 0 Å². The van der Waals surface area contributed by atoms with Crippen molar-refractivity contribution in [3.63, 3.8) is 0 Å². The molecule has 0 aliphatic carbocycles. The lowest BCUT2D eigenvalue weighted by atomic mass is 9.94. The molecule has 1 aromatic heterocycles. The van der Waals surface area contributed by atoms with Crippen molar-refractivity contribution < 1.29 is 4.74 Å². The molecule has 5 nitrogen and oxygen atoms in total. The third-order valence-electron chi connectivity index (χ3n) is 3.97. The van der Waals surface area contributed by atoms with Gasteiger partial charge in [-0.3, -0.25) is 0 Å². The molecular formula is C14H24N4O. The van der Waals surface area contributed by atoms with E-state index >= 15 is 0 Å². The number of hydrogen-bond acceptors (Lipinski definition) is 5. The van der Waals surface area contributed by atoms with Crippen molar-refractivity contribution in [3.8, 4) is 0 Å². The number of anilines is 2. The lowest BCUT2D eigenvalue weighted by Crippen LogP contribution is -2.41. The first kappa shape index (κ1) is 14.1. The average Bonchev–Trinajstić information content (AvgIpc) is 2.72. The molecule has 0 bridgehead atoms. The smallest absolute Gasteiger partial charge is 0.135 e. The van der Waals surface area contributed by atoms with E-state index in [2.05, 4.69) is 41.4 Å². The van der Waals surface area contributed by atoms with E-state index < -0.39 is 0 Å². The molecule has 19 heavy (non-hydrogen) atoms. The molecule has 0 saturated carbocycles. The Kier molecular flexibility index (Phi) is 4.24. The molecule has 2 unspecified atom stereocenters. The summed E-state index contributed by atoms with van der Waals surface area (Å²) >= 11 is 0. The van der Waals surface area contributed by atoms with Crippen molar-refractivity contribution in [3.05, 3.63) is 11.9 Å². The molecule has 2 atom stereocenters. The number of nitrogens with zero attached hydrogens (tertiary/aromatic N) is 2. The Hall–Kier alpha value is -1.36. The molecule has 0 amide bonds. The Morgan fingerprint density at radius 2 is 2.16 bits per heavy atom. The summed E-state index contributed by atoms with van der Waals surface area (Å²) in [5.41, 5.74) is 1.11. The van der Waals surface area contributed by atoms with E-state index in [1.807, 2.05) is 7.05 Å². The molecule has 2 rings (SSSR count). The summed E-state index contributed by atoms with van der Waals surface area (Å²) in [5.74, 6) is 1.84. The van der Waals surface area contributed by atoms with Crippen molar-refractivity contribution >= 4 is 11.6 Å². The maximum Gasteiger partial charge on any atom is 0.135 e. The van der Waals surface area contributed by atoms with Gasteiger partial charge in [-0.1, -0.05) is 13.3 Å². The number of rotatable bonds is 5. The normalized spacial score (nSPS) is 26.4. The minimum absolute atomic E-state index is 0.0537. The average molecular weight is 264 g/mol. The highest BCUT2D eigenvalue weighted by Crippen LogP contribution is 2.31. The fraction of sp³-hybridized carbons (Fsp3) is 0.714. The molecule has 0 radical (unpaired) electrons. The van der Waals surface area contributed by atoms with Gasteiger partial charge in [-0.2, -0.15) is 0 Å². The number of hydrogen-bond donors (Lipinski definition) is 2. The number of nitrogens with one attached hydrogen (secondary N) is 2. The summed E-state index contributed by atoms with van der Waals surface area (Å²) < 4.78 is 5.68. The van der Waals surface area contributed by atoms with E-state index in [1.54, 1.807) is 6.33 Å². The Bertz CT molecular complexity index is 437. The van der Waals surface area contributed by atoms with Crippen LogP contribution in [0.1, 0.15) is 39.2 Å².